The Kier molecular flexibility index (Phi) is 8.08. The van der Waals surface area contributed by atoms with Crippen LogP contribution in [0.4, 0.5) is 4.39 Å². The molecule has 0 saturated carbocycles. The average Bonchev–Trinajstić information content (AvgIpc) is 3.14. The lowest BCUT2D eigenvalue weighted by Gasteiger charge is -2.21. The van der Waals surface area contributed by atoms with Crippen molar-refractivity contribution in [1.82, 2.24) is 4.90 Å². The van der Waals surface area contributed by atoms with Gasteiger partial charge in [-0.25, -0.2) is 4.39 Å². The highest BCUT2D eigenvalue weighted by atomic mass is 19.1. The molecule has 1 heterocycles. The summed E-state index contributed by atoms with van der Waals surface area (Å²) in [4.78, 5) is 8.15. The van der Waals surface area contributed by atoms with Crippen molar-refractivity contribution in [3.05, 3.63) is 29.6 Å². The Morgan fingerprint density at radius 2 is 2.22 bits per heavy atom. The number of hydrogen-bond donors (Lipinski definition) is 0. The van der Waals surface area contributed by atoms with Crippen LogP contribution in [-0.2, 0) is 9.57 Å². The molecule has 0 N–H and O–H groups in total. The zero-order valence-electron chi connectivity index (χ0n) is 16.7. The average molecular weight is 376 g/mol. The van der Waals surface area contributed by atoms with Gasteiger partial charge in [-0.2, -0.15) is 0 Å². The van der Waals surface area contributed by atoms with Gasteiger partial charge < -0.3 is 14.3 Å². The third-order valence-electron chi connectivity index (χ3n) is 4.39. The summed E-state index contributed by atoms with van der Waals surface area (Å²) in [5.74, 6) is 5.94. The number of halogens is 1. The van der Waals surface area contributed by atoms with Gasteiger partial charge in [0, 0.05) is 18.5 Å². The highest BCUT2D eigenvalue weighted by Gasteiger charge is 2.36. The Labute approximate surface area is 161 Å². The lowest BCUT2D eigenvalue weighted by molar-refractivity contribution is -0.00446. The second-order valence-corrected chi connectivity index (χ2v) is 6.68. The van der Waals surface area contributed by atoms with Gasteiger partial charge in [0.05, 0.1) is 19.4 Å². The minimum Gasteiger partial charge on any atom is -0.494 e. The first-order chi connectivity index (χ1) is 13.0. The highest BCUT2D eigenvalue weighted by molar-refractivity contribution is 5.83. The number of nitrogens with zero attached hydrogens (tertiary/aromatic N) is 2. The van der Waals surface area contributed by atoms with Gasteiger partial charge in [-0.05, 0) is 50.6 Å². The summed E-state index contributed by atoms with van der Waals surface area (Å²) in [6, 6.07) is 4.54. The van der Waals surface area contributed by atoms with E-state index in [0.29, 0.717) is 25.2 Å². The number of benzene rings is 1. The first-order valence-corrected chi connectivity index (χ1v) is 9.40. The molecule has 2 rings (SSSR count). The van der Waals surface area contributed by atoms with Crippen LogP contribution in [0.5, 0.6) is 5.75 Å². The predicted octanol–water partition coefficient (Wildman–Crippen LogP) is 3.47. The van der Waals surface area contributed by atoms with E-state index in [4.69, 9.17) is 14.3 Å². The van der Waals surface area contributed by atoms with Crippen LogP contribution in [0.2, 0.25) is 0 Å². The van der Waals surface area contributed by atoms with E-state index >= 15 is 0 Å². The Balaban J connectivity index is 2.11. The first-order valence-electron chi connectivity index (χ1n) is 9.40. The molecule has 0 amide bonds. The molecule has 1 atom stereocenters. The summed E-state index contributed by atoms with van der Waals surface area (Å²) >= 11 is 0. The molecule has 0 aromatic heterocycles. The molecule has 0 bridgehead atoms. The fraction of sp³-hybridized carbons (Fsp3) is 0.571. The van der Waals surface area contributed by atoms with E-state index in [1.807, 2.05) is 6.92 Å². The van der Waals surface area contributed by atoms with Crippen molar-refractivity contribution in [3.63, 3.8) is 0 Å². The van der Waals surface area contributed by atoms with Gasteiger partial charge in [0.1, 0.15) is 6.61 Å². The Morgan fingerprint density at radius 1 is 1.41 bits per heavy atom. The number of methoxy groups -OCH3 is 1. The van der Waals surface area contributed by atoms with Gasteiger partial charge in [0.25, 0.3) is 0 Å². The summed E-state index contributed by atoms with van der Waals surface area (Å²) in [6.07, 6.45) is 1.74. The molecule has 1 aliphatic rings. The molecule has 0 aliphatic carbocycles. The predicted molar refractivity (Wildman–Crippen MR) is 105 cm³/mol. The maximum Gasteiger partial charge on any atom is 0.222 e. The van der Waals surface area contributed by atoms with Gasteiger partial charge in [0.2, 0.25) is 5.60 Å². The highest BCUT2D eigenvalue weighted by Crippen LogP contribution is 2.24. The topological polar surface area (TPSA) is 43.3 Å². The van der Waals surface area contributed by atoms with Crippen LogP contribution < -0.4 is 4.74 Å². The standard InChI is InChI=1S/C21H29FN2O3/c1-5-12-24(6-2)15-17(3)23-27-21(11-13-26-16-21)10-9-18-7-8-19(22)20(14-18)25-4/h7-8,14H,5-6,11-13,15-16H2,1-4H3/b23-17-. The minimum atomic E-state index is -0.773. The van der Waals surface area contributed by atoms with E-state index in [9.17, 15) is 4.39 Å². The number of rotatable bonds is 8. The molecule has 5 nitrogen and oxygen atoms in total. The molecule has 0 spiro atoms. The number of ether oxygens (including phenoxy) is 2. The van der Waals surface area contributed by atoms with E-state index in [1.165, 1.54) is 13.2 Å². The quantitative estimate of drug-likeness (QED) is 0.396. The second-order valence-electron chi connectivity index (χ2n) is 6.68. The van der Waals surface area contributed by atoms with Crippen LogP contribution in [0.25, 0.3) is 0 Å². The number of hydrogen-bond acceptors (Lipinski definition) is 5. The largest absolute Gasteiger partial charge is 0.494 e. The third kappa shape index (κ3) is 6.23. The molecule has 1 unspecified atom stereocenters. The Morgan fingerprint density at radius 3 is 2.85 bits per heavy atom. The van der Waals surface area contributed by atoms with Crippen LogP contribution in [-0.4, -0.2) is 56.2 Å². The Bertz CT molecular complexity index is 703. The third-order valence-corrected chi connectivity index (χ3v) is 4.39. The van der Waals surface area contributed by atoms with Gasteiger partial charge >= 0.3 is 0 Å². The first kappa shape index (κ1) is 21.2. The van der Waals surface area contributed by atoms with Crippen molar-refractivity contribution in [3.8, 4) is 17.6 Å². The molecular weight excluding hydrogens is 347 g/mol. The molecule has 1 aliphatic heterocycles. The maximum atomic E-state index is 13.5. The molecule has 1 saturated heterocycles. The van der Waals surface area contributed by atoms with Crippen LogP contribution >= 0.6 is 0 Å². The molecule has 27 heavy (non-hydrogen) atoms. The molecule has 6 heteroatoms. The zero-order chi connectivity index (χ0) is 19.7. The van der Waals surface area contributed by atoms with Crippen molar-refractivity contribution in [1.29, 1.82) is 0 Å². The lowest BCUT2D eigenvalue weighted by Crippen LogP contribution is -2.32. The summed E-state index contributed by atoms with van der Waals surface area (Å²) in [7, 11) is 1.43. The van der Waals surface area contributed by atoms with Crippen molar-refractivity contribution in [2.75, 3.05) is 40.0 Å². The second kappa shape index (κ2) is 10.3. The van der Waals surface area contributed by atoms with E-state index in [-0.39, 0.29) is 5.75 Å². The van der Waals surface area contributed by atoms with Gasteiger partial charge in [-0.1, -0.05) is 24.9 Å². The zero-order valence-corrected chi connectivity index (χ0v) is 16.7. The SMILES string of the molecule is CCCN(CC)C/C(C)=N\OC1(C#Cc2ccc(F)c(OC)c2)CCOC1. The van der Waals surface area contributed by atoms with Crippen molar-refractivity contribution in [2.24, 2.45) is 5.16 Å². The van der Waals surface area contributed by atoms with Crippen molar-refractivity contribution >= 4 is 5.71 Å². The van der Waals surface area contributed by atoms with Crippen LogP contribution in [0.15, 0.2) is 23.4 Å². The summed E-state index contributed by atoms with van der Waals surface area (Å²) in [5.41, 5.74) is 0.788. The molecule has 1 aromatic rings. The summed E-state index contributed by atoms with van der Waals surface area (Å²) in [6.45, 7) is 9.97. The molecule has 148 valence electrons. The molecular formula is C21H29FN2O3. The molecule has 1 fully saturated rings. The number of oxime groups is 1. The lowest BCUT2D eigenvalue weighted by atomic mass is 10.0. The Hall–Kier alpha value is -2.10. The monoisotopic (exact) mass is 376 g/mol. The van der Waals surface area contributed by atoms with E-state index in [0.717, 1.165) is 31.8 Å². The normalized spacial score (nSPS) is 19.7. The van der Waals surface area contributed by atoms with E-state index < -0.39 is 11.4 Å². The van der Waals surface area contributed by atoms with E-state index in [2.05, 4.69) is 35.7 Å². The van der Waals surface area contributed by atoms with Gasteiger partial charge in [0.15, 0.2) is 11.6 Å². The van der Waals surface area contributed by atoms with Crippen molar-refractivity contribution < 1.29 is 18.7 Å². The van der Waals surface area contributed by atoms with E-state index in [1.54, 1.807) is 12.1 Å². The van der Waals surface area contributed by atoms with Gasteiger partial charge in [-0.15, -0.1) is 0 Å². The molecule has 1 aromatic carbocycles. The maximum absolute atomic E-state index is 13.5. The summed E-state index contributed by atoms with van der Waals surface area (Å²) < 4.78 is 24.0. The van der Waals surface area contributed by atoms with Crippen LogP contribution in [0.1, 0.15) is 39.2 Å². The smallest absolute Gasteiger partial charge is 0.222 e. The fourth-order valence-electron chi connectivity index (χ4n) is 2.85. The molecule has 0 radical (unpaired) electrons. The van der Waals surface area contributed by atoms with Crippen LogP contribution in [0, 0.1) is 17.7 Å². The summed E-state index contributed by atoms with van der Waals surface area (Å²) in [5, 5.41) is 4.32. The fourth-order valence-corrected chi connectivity index (χ4v) is 2.85. The minimum absolute atomic E-state index is 0.170. The van der Waals surface area contributed by atoms with Crippen LogP contribution in [0.3, 0.4) is 0 Å². The van der Waals surface area contributed by atoms with Gasteiger partial charge in [-0.3, -0.25) is 4.90 Å². The van der Waals surface area contributed by atoms with Crippen molar-refractivity contribution in [2.45, 2.75) is 39.2 Å².